The van der Waals surface area contributed by atoms with Gasteiger partial charge in [0, 0.05) is 18.4 Å². The first-order chi connectivity index (χ1) is 6.82. The molecular weight excluding hydrogens is 195 g/mol. The fourth-order valence-electron chi connectivity index (χ4n) is 1.25. The number of rotatable bonds is 2. The summed E-state index contributed by atoms with van der Waals surface area (Å²) in [6, 6.07) is 6.77. The van der Waals surface area contributed by atoms with Crippen LogP contribution in [0, 0.1) is 0 Å². The number of nitrogens with two attached hydrogens (primary N) is 1. The first-order valence-electron chi connectivity index (χ1n) is 4.65. The van der Waals surface area contributed by atoms with E-state index in [0.29, 0.717) is 11.4 Å². The molecule has 0 aliphatic rings. The molecule has 1 rings (SSSR count). The minimum atomic E-state index is -1.88. The van der Waals surface area contributed by atoms with Crippen LogP contribution in [0.1, 0.15) is 13.8 Å². The van der Waals surface area contributed by atoms with E-state index in [1.54, 1.807) is 24.3 Å². The van der Waals surface area contributed by atoms with Gasteiger partial charge in [-0.2, -0.15) is 0 Å². The zero-order chi connectivity index (χ0) is 11.6. The number of halogens is 1. The molecule has 2 N–H and O–H groups in total. The number of nitrogens with zero attached hydrogens (tertiary/aromatic N) is 1. The Morgan fingerprint density at radius 2 is 2.07 bits per heavy atom. The molecule has 0 atom stereocenters. The summed E-state index contributed by atoms with van der Waals surface area (Å²) in [6.07, 6.45) is 0. The van der Waals surface area contributed by atoms with Crippen molar-refractivity contribution >= 4 is 17.3 Å². The van der Waals surface area contributed by atoms with Gasteiger partial charge in [0.15, 0.2) is 5.67 Å². The average molecular weight is 210 g/mol. The molecule has 82 valence electrons. The number of anilines is 2. The third kappa shape index (κ3) is 2.68. The number of hydrogen-bond donors (Lipinski definition) is 1. The number of carbonyl (C=O) groups excluding carboxylic acids is 1. The van der Waals surface area contributed by atoms with E-state index in [1.165, 1.54) is 25.8 Å². The first-order valence-corrected chi connectivity index (χ1v) is 4.65. The monoisotopic (exact) mass is 210 g/mol. The molecule has 0 aliphatic heterocycles. The highest BCUT2D eigenvalue weighted by Crippen LogP contribution is 2.20. The van der Waals surface area contributed by atoms with Crippen molar-refractivity contribution in [2.45, 2.75) is 19.5 Å². The van der Waals surface area contributed by atoms with Crippen LogP contribution in [-0.2, 0) is 4.79 Å². The first kappa shape index (κ1) is 11.5. The number of carbonyl (C=O) groups is 1. The zero-order valence-electron chi connectivity index (χ0n) is 9.12. The normalized spacial score (nSPS) is 11.2. The molecule has 15 heavy (non-hydrogen) atoms. The number of alkyl halides is 1. The van der Waals surface area contributed by atoms with Gasteiger partial charge in [0.2, 0.25) is 0 Å². The second kappa shape index (κ2) is 3.88. The van der Waals surface area contributed by atoms with Gasteiger partial charge in [0.1, 0.15) is 0 Å². The molecule has 0 fully saturated rings. The third-order valence-electron chi connectivity index (χ3n) is 2.07. The van der Waals surface area contributed by atoms with Crippen molar-refractivity contribution in [3.63, 3.8) is 0 Å². The number of nitrogen functional groups attached to an aromatic ring is 1. The molecule has 4 heteroatoms. The summed E-state index contributed by atoms with van der Waals surface area (Å²) in [5.41, 5.74) is 4.83. The van der Waals surface area contributed by atoms with Crippen molar-refractivity contribution in [2.24, 2.45) is 0 Å². The van der Waals surface area contributed by atoms with Gasteiger partial charge in [-0.1, -0.05) is 6.07 Å². The fraction of sp³-hybridized carbons (Fsp3) is 0.364. The van der Waals surface area contributed by atoms with Gasteiger partial charge in [-0.15, -0.1) is 0 Å². The molecule has 0 heterocycles. The Balaban J connectivity index is 2.95. The summed E-state index contributed by atoms with van der Waals surface area (Å²) in [7, 11) is 1.53. The smallest absolute Gasteiger partial charge is 0.263 e. The largest absolute Gasteiger partial charge is 0.399 e. The van der Waals surface area contributed by atoms with Crippen LogP contribution in [0.25, 0.3) is 0 Å². The lowest BCUT2D eigenvalue weighted by atomic mass is 10.1. The van der Waals surface area contributed by atoms with Crippen LogP contribution in [0.2, 0.25) is 0 Å². The van der Waals surface area contributed by atoms with E-state index >= 15 is 0 Å². The molecule has 3 nitrogen and oxygen atoms in total. The molecule has 0 unspecified atom stereocenters. The summed E-state index contributed by atoms with van der Waals surface area (Å²) in [6.45, 7) is 2.47. The highest BCUT2D eigenvalue weighted by atomic mass is 19.1. The van der Waals surface area contributed by atoms with Crippen molar-refractivity contribution in [3.05, 3.63) is 24.3 Å². The molecule has 0 saturated carbocycles. The second-order valence-corrected chi connectivity index (χ2v) is 3.93. The van der Waals surface area contributed by atoms with Crippen LogP contribution in [0.5, 0.6) is 0 Å². The molecule has 0 spiro atoms. The van der Waals surface area contributed by atoms with Gasteiger partial charge in [-0.3, -0.25) is 4.79 Å². The van der Waals surface area contributed by atoms with Crippen molar-refractivity contribution in [1.82, 2.24) is 0 Å². The predicted octanol–water partition coefficient (Wildman–Crippen LogP) is 1.98. The SMILES string of the molecule is CN(C(=O)C(C)(C)F)c1cccc(N)c1. The Bertz CT molecular complexity index is 371. The van der Waals surface area contributed by atoms with Crippen LogP contribution in [0.15, 0.2) is 24.3 Å². The summed E-state index contributed by atoms with van der Waals surface area (Å²) in [5.74, 6) is -0.590. The topological polar surface area (TPSA) is 46.3 Å². The van der Waals surface area contributed by atoms with Gasteiger partial charge in [0.25, 0.3) is 5.91 Å². The Morgan fingerprint density at radius 1 is 1.47 bits per heavy atom. The fourth-order valence-corrected chi connectivity index (χ4v) is 1.25. The molecule has 0 radical (unpaired) electrons. The maximum atomic E-state index is 13.4. The molecule has 0 aliphatic carbocycles. The molecule has 0 bridgehead atoms. The highest BCUT2D eigenvalue weighted by molar-refractivity contribution is 5.98. The zero-order valence-corrected chi connectivity index (χ0v) is 9.12. The minimum absolute atomic E-state index is 0.545. The van der Waals surface area contributed by atoms with E-state index in [9.17, 15) is 9.18 Å². The standard InChI is InChI=1S/C11H15FN2O/c1-11(2,12)10(15)14(3)9-6-4-5-8(13)7-9/h4-7H,13H2,1-3H3. The van der Waals surface area contributed by atoms with E-state index in [-0.39, 0.29) is 0 Å². The summed E-state index contributed by atoms with van der Waals surface area (Å²) >= 11 is 0. The molecule has 1 aromatic carbocycles. The van der Waals surface area contributed by atoms with E-state index < -0.39 is 11.6 Å². The lowest BCUT2D eigenvalue weighted by molar-refractivity contribution is -0.127. The van der Waals surface area contributed by atoms with Gasteiger partial charge in [0.05, 0.1) is 0 Å². The maximum absolute atomic E-state index is 13.4. The van der Waals surface area contributed by atoms with E-state index in [0.717, 1.165) is 0 Å². The quantitative estimate of drug-likeness (QED) is 0.759. The van der Waals surface area contributed by atoms with Crippen LogP contribution >= 0.6 is 0 Å². The van der Waals surface area contributed by atoms with Crippen LogP contribution < -0.4 is 10.6 Å². The van der Waals surface area contributed by atoms with E-state index in [1.807, 2.05) is 0 Å². The molecule has 1 aromatic rings. The summed E-state index contributed by atoms with van der Waals surface area (Å²) < 4.78 is 13.4. The maximum Gasteiger partial charge on any atom is 0.263 e. The predicted molar refractivity (Wildman–Crippen MR) is 59.5 cm³/mol. The minimum Gasteiger partial charge on any atom is -0.399 e. The van der Waals surface area contributed by atoms with Gasteiger partial charge < -0.3 is 10.6 Å². The Labute approximate surface area is 88.7 Å². The van der Waals surface area contributed by atoms with Gasteiger partial charge in [-0.05, 0) is 32.0 Å². The van der Waals surface area contributed by atoms with Crippen molar-refractivity contribution in [1.29, 1.82) is 0 Å². The molecular formula is C11H15FN2O. The van der Waals surface area contributed by atoms with E-state index in [2.05, 4.69) is 0 Å². The summed E-state index contributed by atoms with van der Waals surface area (Å²) in [4.78, 5) is 12.8. The van der Waals surface area contributed by atoms with Crippen LogP contribution in [-0.4, -0.2) is 18.6 Å². The van der Waals surface area contributed by atoms with Crippen molar-refractivity contribution < 1.29 is 9.18 Å². The van der Waals surface area contributed by atoms with Crippen LogP contribution in [0.3, 0.4) is 0 Å². The Morgan fingerprint density at radius 3 is 2.53 bits per heavy atom. The molecule has 0 saturated heterocycles. The number of benzene rings is 1. The van der Waals surface area contributed by atoms with Crippen molar-refractivity contribution in [2.75, 3.05) is 17.7 Å². The Kier molecular flexibility index (Phi) is 2.98. The lowest BCUT2D eigenvalue weighted by Crippen LogP contribution is -2.40. The average Bonchev–Trinajstić information content (AvgIpc) is 2.14. The van der Waals surface area contributed by atoms with E-state index in [4.69, 9.17) is 5.73 Å². The van der Waals surface area contributed by atoms with Crippen LogP contribution in [0.4, 0.5) is 15.8 Å². The van der Waals surface area contributed by atoms with Gasteiger partial charge in [-0.25, -0.2) is 4.39 Å². The molecule has 0 aromatic heterocycles. The highest BCUT2D eigenvalue weighted by Gasteiger charge is 2.30. The number of amides is 1. The van der Waals surface area contributed by atoms with Crippen molar-refractivity contribution in [3.8, 4) is 0 Å². The Hall–Kier alpha value is -1.58. The lowest BCUT2D eigenvalue weighted by Gasteiger charge is -2.23. The third-order valence-corrected chi connectivity index (χ3v) is 2.07. The summed E-state index contributed by atoms with van der Waals surface area (Å²) in [5, 5.41) is 0. The number of hydrogen-bond acceptors (Lipinski definition) is 2. The van der Waals surface area contributed by atoms with Gasteiger partial charge >= 0.3 is 0 Å². The second-order valence-electron chi connectivity index (χ2n) is 3.93. The molecule has 1 amide bonds.